The van der Waals surface area contributed by atoms with E-state index in [1.54, 1.807) is 6.07 Å². The average molecular weight is 513 g/mol. The highest BCUT2D eigenvalue weighted by atomic mass is 19.1. The van der Waals surface area contributed by atoms with E-state index in [1.165, 1.54) is 23.1 Å². The zero-order valence-electron chi connectivity index (χ0n) is 21.1. The lowest BCUT2D eigenvalue weighted by Crippen LogP contribution is -2.42. The number of hydrogen-bond donors (Lipinski definition) is 1. The normalized spacial score (nSPS) is 14.8. The summed E-state index contributed by atoms with van der Waals surface area (Å²) in [7, 11) is 0. The summed E-state index contributed by atoms with van der Waals surface area (Å²) >= 11 is 0. The number of hydrogen-bond acceptors (Lipinski definition) is 4. The summed E-state index contributed by atoms with van der Waals surface area (Å²) in [5.41, 5.74) is 3.47. The van der Waals surface area contributed by atoms with Gasteiger partial charge in [0.05, 0.1) is 17.4 Å². The summed E-state index contributed by atoms with van der Waals surface area (Å²) in [5, 5.41) is 2.87. The predicted octanol–water partition coefficient (Wildman–Crippen LogP) is 5.25. The third-order valence-corrected chi connectivity index (χ3v) is 6.51. The molecule has 1 aliphatic rings. The van der Waals surface area contributed by atoms with Gasteiger partial charge in [-0.3, -0.25) is 19.5 Å². The van der Waals surface area contributed by atoms with Crippen molar-refractivity contribution in [2.45, 2.75) is 25.9 Å². The van der Waals surface area contributed by atoms with E-state index >= 15 is 0 Å². The Morgan fingerprint density at radius 2 is 1.79 bits per heavy atom. The van der Waals surface area contributed by atoms with Crippen molar-refractivity contribution in [3.8, 4) is 16.9 Å². The Kier molecular flexibility index (Phi) is 7.60. The second kappa shape index (κ2) is 11.4. The fraction of sp³-hybridized carbons (Fsp3) is 0.233. The number of anilines is 1. The molecule has 38 heavy (non-hydrogen) atoms. The van der Waals surface area contributed by atoms with Crippen molar-refractivity contribution in [2.24, 2.45) is 0 Å². The van der Waals surface area contributed by atoms with Crippen LogP contribution in [0.5, 0.6) is 0 Å². The maximum Gasteiger partial charge on any atom is 0.257 e. The van der Waals surface area contributed by atoms with E-state index in [9.17, 15) is 14.0 Å². The number of amides is 2. The second-order valence-electron chi connectivity index (χ2n) is 9.37. The minimum atomic E-state index is -0.627. The lowest BCUT2D eigenvalue weighted by molar-refractivity contribution is -0.117. The molecule has 1 atom stereocenters. The van der Waals surface area contributed by atoms with Crippen molar-refractivity contribution in [2.75, 3.05) is 25.0 Å². The number of nitrogens with zero attached hydrogens (tertiary/aromatic N) is 3. The summed E-state index contributed by atoms with van der Waals surface area (Å²) in [6.07, 6.45) is 3.33. The molecule has 3 aromatic carbocycles. The summed E-state index contributed by atoms with van der Waals surface area (Å²) in [6.45, 7) is 2.54. The van der Waals surface area contributed by atoms with Crippen LogP contribution in [0.2, 0.25) is 0 Å². The monoisotopic (exact) mass is 512 g/mol. The Morgan fingerprint density at radius 3 is 2.50 bits per heavy atom. The smallest absolute Gasteiger partial charge is 0.257 e. The molecule has 2 amide bonds. The van der Waals surface area contributed by atoms with Gasteiger partial charge in [-0.25, -0.2) is 9.37 Å². The Bertz CT molecular complexity index is 1410. The van der Waals surface area contributed by atoms with Crippen LogP contribution in [0.3, 0.4) is 0 Å². The first-order chi connectivity index (χ1) is 18.5. The predicted molar refractivity (Wildman–Crippen MR) is 144 cm³/mol. The molecule has 1 saturated heterocycles. The van der Waals surface area contributed by atoms with Crippen LogP contribution in [0.15, 0.2) is 85.1 Å². The van der Waals surface area contributed by atoms with Crippen LogP contribution < -0.4 is 5.32 Å². The van der Waals surface area contributed by atoms with Gasteiger partial charge in [0, 0.05) is 30.6 Å². The zero-order valence-corrected chi connectivity index (χ0v) is 21.1. The molecular formula is C30H29FN4O3. The van der Waals surface area contributed by atoms with Crippen molar-refractivity contribution in [1.82, 2.24) is 14.5 Å². The molecule has 5 rings (SSSR count). The van der Waals surface area contributed by atoms with Crippen LogP contribution in [0, 0.1) is 12.7 Å². The first kappa shape index (κ1) is 25.4. The minimum absolute atomic E-state index is 0.0779. The van der Waals surface area contributed by atoms with Gasteiger partial charge < -0.3 is 9.64 Å². The number of carbonyl (C=O) groups excluding carboxylic acids is 2. The van der Waals surface area contributed by atoms with E-state index in [-0.39, 0.29) is 24.8 Å². The van der Waals surface area contributed by atoms with Crippen molar-refractivity contribution < 1.29 is 18.7 Å². The Morgan fingerprint density at radius 1 is 1.05 bits per heavy atom. The molecule has 1 aromatic heterocycles. The fourth-order valence-electron chi connectivity index (χ4n) is 4.51. The molecule has 8 heteroatoms. The Hall–Kier alpha value is -4.30. The van der Waals surface area contributed by atoms with Gasteiger partial charge in [0.2, 0.25) is 11.9 Å². The number of nitrogens with one attached hydrogen (secondary N) is 1. The van der Waals surface area contributed by atoms with Gasteiger partial charge in [-0.2, -0.15) is 0 Å². The molecule has 2 heterocycles. The number of imidazole rings is 1. The number of benzene rings is 3. The molecule has 0 bridgehead atoms. The van der Waals surface area contributed by atoms with Gasteiger partial charge in [0.15, 0.2) is 0 Å². The van der Waals surface area contributed by atoms with Crippen LogP contribution in [0.1, 0.15) is 28.8 Å². The molecule has 1 N–H and O–H groups in total. The molecule has 1 aliphatic heterocycles. The highest BCUT2D eigenvalue weighted by molar-refractivity contribution is 5.99. The maximum absolute atomic E-state index is 14.4. The number of ether oxygens (including phenoxy) is 1. The minimum Gasteiger partial charge on any atom is -0.376 e. The third kappa shape index (κ3) is 5.81. The van der Waals surface area contributed by atoms with Crippen LogP contribution in [-0.4, -0.2) is 52.1 Å². The molecule has 194 valence electrons. The summed E-state index contributed by atoms with van der Waals surface area (Å²) in [4.78, 5) is 32.6. The van der Waals surface area contributed by atoms with Crippen molar-refractivity contribution >= 4 is 17.8 Å². The van der Waals surface area contributed by atoms with Gasteiger partial charge in [0.1, 0.15) is 12.4 Å². The summed E-state index contributed by atoms with van der Waals surface area (Å²) in [5.74, 6) is -1.29. The van der Waals surface area contributed by atoms with Crippen LogP contribution >= 0.6 is 0 Å². The van der Waals surface area contributed by atoms with E-state index < -0.39 is 17.6 Å². The number of aryl methyl sites for hydroxylation is 1. The zero-order chi connectivity index (χ0) is 26.5. The van der Waals surface area contributed by atoms with E-state index in [1.807, 2.05) is 72.3 Å². The standard InChI is InChI=1S/C30H29FN4O3/c1-21-13-15-23(16-14-21)35-19-27(22-8-3-2-4-9-22)32-30(35)33-28(36)20-34(18-24-10-7-17-38-24)29(37)25-11-5-6-12-26(25)31/h2-6,8-9,11-16,19,24H,7,10,17-18,20H2,1H3,(H,32,33,36). The second-order valence-corrected chi connectivity index (χ2v) is 9.37. The first-order valence-electron chi connectivity index (χ1n) is 12.6. The lowest BCUT2D eigenvalue weighted by atomic mass is 10.1. The van der Waals surface area contributed by atoms with E-state index in [0.717, 1.165) is 29.7 Å². The van der Waals surface area contributed by atoms with Gasteiger partial charge in [0.25, 0.3) is 5.91 Å². The van der Waals surface area contributed by atoms with E-state index in [4.69, 9.17) is 4.74 Å². The molecule has 0 radical (unpaired) electrons. The lowest BCUT2D eigenvalue weighted by Gasteiger charge is -2.25. The summed E-state index contributed by atoms with van der Waals surface area (Å²) < 4.78 is 21.9. The van der Waals surface area contributed by atoms with Gasteiger partial charge in [-0.15, -0.1) is 0 Å². The third-order valence-electron chi connectivity index (χ3n) is 6.51. The Balaban J connectivity index is 1.41. The average Bonchev–Trinajstić information content (AvgIpc) is 3.59. The molecule has 1 fully saturated rings. The molecule has 0 aliphatic carbocycles. The molecule has 7 nitrogen and oxygen atoms in total. The van der Waals surface area contributed by atoms with Crippen LogP contribution in [-0.2, 0) is 9.53 Å². The number of aromatic nitrogens is 2. The van der Waals surface area contributed by atoms with Crippen molar-refractivity contribution in [1.29, 1.82) is 0 Å². The van der Waals surface area contributed by atoms with E-state index in [0.29, 0.717) is 18.2 Å². The van der Waals surface area contributed by atoms with Crippen LogP contribution in [0.25, 0.3) is 16.9 Å². The number of carbonyl (C=O) groups is 2. The fourth-order valence-corrected chi connectivity index (χ4v) is 4.51. The Labute approximate surface area is 220 Å². The quantitative estimate of drug-likeness (QED) is 0.350. The molecule has 0 spiro atoms. The largest absolute Gasteiger partial charge is 0.376 e. The number of rotatable bonds is 8. The summed E-state index contributed by atoms with van der Waals surface area (Å²) in [6, 6.07) is 23.3. The van der Waals surface area contributed by atoms with Crippen molar-refractivity contribution in [3.63, 3.8) is 0 Å². The van der Waals surface area contributed by atoms with Crippen LogP contribution in [0.4, 0.5) is 10.3 Å². The molecular weight excluding hydrogens is 483 g/mol. The highest BCUT2D eigenvalue weighted by Crippen LogP contribution is 2.25. The molecule has 0 saturated carbocycles. The van der Waals surface area contributed by atoms with Gasteiger partial charge in [-0.05, 0) is 44.0 Å². The molecule has 1 unspecified atom stereocenters. The van der Waals surface area contributed by atoms with Crippen molar-refractivity contribution in [3.05, 3.63) is 102 Å². The van der Waals surface area contributed by atoms with Gasteiger partial charge >= 0.3 is 0 Å². The van der Waals surface area contributed by atoms with E-state index in [2.05, 4.69) is 10.3 Å². The highest BCUT2D eigenvalue weighted by Gasteiger charge is 2.27. The number of halogens is 1. The first-order valence-corrected chi connectivity index (χ1v) is 12.6. The SMILES string of the molecule is Cc1ccc(-n2cc(-c3ccccc3)nc2NC(=O)CN(CC2CCCO2)C(=O)c2ccccc2F)cc1. The van der Waals surface area contributed by atoms with Gasteiger partial charge in [-0.1, -0.05) is 60.2 Å². The topological polar surface area (TPSA) is 76.5 Å². The maximum atomic E-state index is 14.4. The molecule has 4 aromatic rings.